The van der Waals surface area contributed by atoms with Crippen LogP contribution in [0.1, 0.15) is 13.8 Å². The third kappa shape index (κ3) is 1.78. The van der Waals surface area contributed by atoms with Gasteiger partial charge in [-0.2, -0.15) is 0 Å². The zero-order valence-electron chi connectivity index (χ0n) is 5.93. The van der Waals surface area contributed by atoms with Gasteiger partial charge in [0.15, 0.2) is 0 Å². The predicted molar refractivity (Wildman–Crippen MR) is 33.7 cm³/mol. The lowest BCUT2D eigenvalue weighted by Gasteiger charge is -2.45. The van der Waals surface area contributed by atoms with E-state index in [4.69, 9.17) is 5.73 Å². The molecule has 0 heterocycles. The number of quaternary nitrogens is 1. The molecular weight excluding hydrogens is 104 g/mol. The number of hydrogen-bond acceptors (Lipinski definition) is 2. The van der Waals surface area contributed by atoms with Crippen molar-refractivity contribution in [3.8, 4) is 0 Å². The van der Waals surface area contributed by atoms with E-state index in [1.54, 1.807) is 13.8 Å². The number of nitrogens with zero attached hydrogens (tertiary/aromatic N) is 1. The molecule has 0 atom stereocenters. The van der Waals surface area contributed by atoms with Crippen LogP contribution in [-0.2, 0) is 0 Å². The third-order valence-electron chi connectivity index (χ3n) is 1.39. The van der Waals surface area contributed by atoms with E-state index in [1.807, 2.05) is 0 Å². The van der Waals surface area contributed by atoms with Crippen LogP contribution in [0.5, 0.6) is 0 Å². The summed E-state index contributed by atoms with van der Waals surface area (Å²) in [6.45, 7) is 3.42. The summed E-state index contributed by atoms with van der Waals surface area (Å²) in [5.41, 5.74) is 4.79. The van der Waals surface area contributed by atoms with Crippen LogP contribution >= 0.6 is 0 Å². The van der Waals surface area contributed by atoms with Crippen molar-refractivity contribution in [1.29, 1.82) is 0 Å². The van der Waals surface area contributed by atoms with Gasteiger partial charge < -0.3 is 9.85 Å². The maximum Gasteiger partial charge on any atom is 0.144 e. The van der Waals surface area contributed by atoms with Crippen LogP contribution < -0.4 is 5.73 Å². The fraction of sp³-hybridized carbons (Fsp3) is 1.00. The van der Waals surface area contributed by atoms with Crippen molar-refractivity contribution in [2.45, 2.75) is 19.5 Å². The molecule has 0 amide bonds. The van der Waals surface area contributed by atoms with E-state index in [2.05, 4.69) is 0 Å². The van der Waals surface area contributed by atoms with Gasteiger partial charge in [0, 0.05) is 13.8 Å². The average Bonchev–Trinajstić information content (AvgIpc) is 1.25. The monoisotopic (exact) mass is 118 g/mol. The van der Waals surface area contributed by atoms with Gasteiger partial charge in [0.05, 0.1) is 14.1 Å². The number of hydroxylamine groups is 3. The fourth-order valence-corrected chi connectivity index (χ4v) is 0. The fourth-order valence-electron chi connectivity index (χ4n) is 0. The summed E-state index contributed by atoms with van der Waals surface area (Å²) < 4.78 is -0.451. The van der Waals surface area contributed by atoms with Gasteiger partial charge >= 0.3 is 0 Å². The second-order valence-corrected chi connectivity index (χ2v) is 3.00. The van der Waals surface area contributed by atoms with Gasteiger partial charge in [-0.3, -0.25) is 5.73 Å². The maximum atomic E-state index is 10.9. The Hall–Kier alpha value is -0.120. The van der Waals surface area contributed by atoms with Gasteiger partial charge in [0.25, 0.3) is 0 Å². The summed E-state index contributed by atoms with van der Waals surface area (Å²) in [5, 5.41) is 10.9. The molecule has 0 aliphatic heterocycles. The Morgan fingerprint density at radius 2 is 1.50 bits per heavy atom. The molecule has 0 aromatic heterocycles. The second kappa shape index (κ2) is 1.69. The molecule has 3 heteroatoms. The highest BCUT2D eigenvalue weighted by Gasteiger charge is 2.22. The largest absolute Gasteiger partial charge is 0.632 e. The lowest BCUT2D eigenvalue weighted by molar-refractivity contribution is -0.891. The molecule has 8 heavy (non-hydrogen) atoms. The maximum absolute atomic E-state index is 10.9. The molecule has 0 aliphatic rings. The molecule has 0 aromatic carbocycles. The first-order valence-corrected chi connectivity index (χ1v) is 2.59. The molecule has 0 aromatic rings. The summed E-state index contributed by atoms with van der Waals surface area (Å²) >= 11 is 0. The summed E-state index contributed by atoms with van der Waals surface area (Å²) in [5.74, 6) is 0. The van der Waals surface area contributed by atoms with Crippen molar-refractivity contribution >= 4 is 0 Å². The zero-order valence-corrected chi connectivity index (χ0v) is 5.93. The van der Waals surface area contributed by atoms with Crippen molar-refractivity contribution < 1.29 is 4.65 Å². The first kappa shape index (κ1) is 7.88. The van der Waals surface area contributed by atoms with Gasteiger partial charge in [0.1, 0.15) is 5.66 Å². The smallest absolute Gasteiger partial charge is 0.144 e. The second-order valence-electron chi connectivity index (χ2n) is 3.00. The molecule has 2 N–H and O–H groups in total. The molecule has 0 unspecified atom stereocenters. The van der Waals surface area contributed by atoms with Crippen molar-refractivity contribution in [2.24, 2.45) is 5.73 Å². The SMILES string of the molecule is CC(C)(N)[N+](C)(C)[O-]. The zero-order chi connectivity index (χ0) is 7.00. The molecule has 50 valence electrons. The minimum absolute atomic E-state index is 0.451. The summed E-state index contributed by atoms with van der Waals surface area (Å²) in [6.07, 6.45) is 0. The summed E-state index contributed by atoms with van der Waals surface area (Å²) in [7, 11) is 3.06. The Morgan fingerprint density at radius 3 is 1.50 bits per heavy atom. The molecule has 0 saturated heterocycles. The molecule has 0 aliphatic carbocycles. The first-order chi connectivity index (χ1) is 3.25. The van der Waals surface area contributed by atoms with E-state index in [-0.39, 0.29) is 0 Å². The van der Waals surface area contributed by atoms with E-state index >= 15 is 0 Å². The summed E-state index contributed by atoms with van der Waals surface area (Å²) in [6, 6.07) is 0. The number of rotatable bonds is 1. The molecule has 0 rings (SSSR count). The molecule has 3 nitrogen and oxygen atoms in total. The van der Waals surface area contributed by atoms with E-state index in [0.717, 1.165) is 0 Å². The Bertz CT molecular complexity index is 65.4. The lowest BCUT2D eigenvalue weighted by atomic mass is 10.2. The normalized spacial score (nSPS) is 14.2. The molecule has 0 fully saturated rings. The third-order valence-corrected chi connectivity index (χ3v) is 1.39. The van der Waals surface area contributed by atoms with Gasteiger partial charge in [-0.15, -0.1) is 0 Å². The van der Waals surface area contributed by atoms with Crippen LogP contribution in [0, 0.1) is 5.21 Å². The van der Waals surface area contributed by atoms with Crippen LogP contribution in [0.15, 0.2) is 0 Å². The van der Waals surface area contributed by atoms with Crippen molar-refractivity contribution in [3.05, 3.63) is 5.21 Å². The standard InChI is InChI=1S/C5H14N2O/c1-5(2,6)7(3,4)8/h6H2,1-4H3. The van der Waals surface area contributed by atoms with Crippen LogP contribution in [0.3, 0.4) is 0 Å². The van der Waals surface area contributed by atoms with Gasteiger partial charge in [-0.05, 0) is 0 Å². The highest BCUT2D eigenvalue weighted by molar-refractivity contribution is 4.56. The van der Waals surface area contributed by atoms with E-state index in [0.29, 0.717) is 0 Å². The van der Waals surface area contributed by atoms with Gasteiger partial charge in [0.2, 0.25) is 0 Å². The summed E-state index contributed by atoms with van der Waals surface area (Å²) in [4.78, 5) is 0. The highest BCUT2D eigenvalue weighted by atomic mass is 16.5. The molecular formula is C5H14N2O. The van der Waals surface area contributed by atoms with Gasteiger partial charge in [-0.25, -0.2) is 0 Å². The molecule has 0 saturated carbocycles. The molecule has 0 bridgehead atoms. The van der Waals surface area contributed by atoms with E-state index in [1.165, 1.54) is 14.1 Å². The minimum Gasteiger partial charge on any atom is -0.632 e. The molecule has 0 spiro atoms. The minimum atomic E-state index is -0.681. The van der Waals surface area contributed by atoms with Crippen LogP contribution in [-0.4, -0.2) is 24.4 Å². The number of nitrogens with two attached hydrogens (primary N) is 1. The van der Waals surface area contributed by atoms with Crippen LogP contribution in [0.2, 0.25) is 0 Å². The van der Waals surface area contributed by atoms with E-state index < -0.39 is 10.3 Å². The Kier molecular flexibility index (Phi) is 1.66. The Balaban J connectivity index is 4.02. The van der Waals surface area contributed by atoms with Crippen molar-refractivity contribution in [2.75, 3.05) is 14.1 Å². The average molecular weight is 118 g/mol. The van der Waals surface area contributed by atoms with Crippen LogP contribution in [0.25, 0.3) is 0 Å². The Labute approximate surface area is 50.3 Å². The quantitative estimate of drug-likeness (QED) is 0.305. The topological polar surface area (TPSA) is 49.1 Å². The predicted octanol–water partition coefficient (Wildman–Crippen LogP) is 0.255. The Morgan fingerprint density at radius 1 is 1.38 bits per heavy atom. The lowest BCUT2D eigenvalue weighted by Crippen LogP contribution is -2.57. The van der Waals surface area contributed by atoms with Crippen molar-refractivity contribution in [1.82, 2.24) is 0 Å². The van der Waals surface area contributed by atoms with Crippen LogP contribution in [0.4, 0.5) is 0 Å². The van der Waals surface area contributed by atoms with Crippen molar-refractivity contribution in [3.63, 3.8) is 0 Å². The van der Waals surface area contributed by atoms with E-state index in [9.17, 15) is 5.21 Å². The van der Waals surface area contributed by atoms with Gasteiger partial charge in [-0.1, -0.05) is 0 Å². The first-order valence-electron chi connectivity index (χ1n) is 2.59. The highest BCUT2D eigenvalue weighted by Crippen LogP contribution is 2.09. The number of hydrogen-bond donors (Lipinski definition) is 1. The molecule has 0 radical (unpaired) electrons.